The molecule has 0 radical (unpaired) electrons. The second-order valence-electron chi connectivity index (χ2n) is 6.07. The molecule has 1 aromatic carbocycles. The van der Waals surface area contributed by atoms with Crippen LogP contribution in [0.3, 0.4) is 0 Å². The second-order valence-corrected chi connectivity index (χ2v) is 7.13. The lowest BCUT2D eigenvalue weighted by atomic mass is 10.2. The average molecular weight is 362 g/mol. The lowest BCUT2D eigenvalue weighted by Crippen LogP contribution is -2.37. The van der Waals surface area contributed by atoms with E-state index in [9.17, 15) is 0 Å². The number of fused-ring (bicyclic) bond motifs is 1. The van der Waals surface area contributed by atoms with Gasteiger partial charge in [0, 0.05) is 32.4 Å². The Kier molecular flexibility index (Phi) is 5.09. The highest BCUT2D eigenvalue weighted by atomic mass is 32.2. The van der Waals surface area contributed by atoms with Crippen molar-refractivity contribution in [2.24, 2.45) is 7.05 Å². The fourth-order valence-corrected chi connectivity index (χ4v) is 3.89. The fraction of sp³-hybridized carbons (Fsp3) is 0.529. The van der Waals surface area contributed by atoms with Crippen molar-refractivity contribution in [3.8, 4) is 11.5 Å². The minimum absolute atomic E-state index is 0.235. The summed E-state index contributed by atoms with van der Waals surface area (Å²) in [6, 6.07) is 7.70. The van der Waals surface area contributed by atoms with E-state index in [1.165, 1.54) is 0 Å². The van der Waals surface area contributed by atoms with E-state index in [0.717, 1.165) is 61.1 Å². The summed E-state index contributed by atoms with van der Waals surface area (Å²) in [4.78, 5) is 2.42. The summed E-state index contributed by atoms with van der Waals surface area (Å²) in [5.41, 5.74) is 0. The van der Waals surface area contributed by atoms with Crippen molar-refractivity contribution >= 4 is 11.8 Å². The van der Waals surface area contributed by atoms with Crippen molar-refractivity contribution < 1.29 is 14.2 Å². The summed E-state index contributed by atoms with van der Waals surface area (Å²) >= 11 is 1.72. The van der Waals surface area contributed by atoms with Crippen LogP contribution in [0.5, 0.6) is 11.5 Å². The molecule has 134 valence electrons. The number of aromatic nitrogens is 3. The number of benzene rings is 1. The Labute approximate surface area is 151 Å². The molecule has 3 heterocycles. The zero-order chi connectivity index (χ0) is 17.1. The van der Waals surface area contributed by atoms with Gasteiger partial charge in [0.2, 0.25) is 0 Å². The topological polar surface area (TPSA) is 61.6 Å². The third-order valence-electron chi connectivity index (χ3n) is 4.41. The number of hydrogen-bond donors (Lipinski definition) is 0. The van der Waals surface area contributed by atoms with E-state index in [4.69, 9.17) is 14.2 Å². The van der Waals surface area contributed by atoms with Gasteiger partial charge in [-0.15, -0.1) is 10.2 Å². The van der Waals surface area contributed by atoms with E-state index in [0.29, 0.717) is 6.61 Å². The van der Waals surface area contributed by atoms with Gasteiger partial charge in [-0.05, 0) is 12.1 Å². The van der Waals surface area contributed by atoms with E-state index >= 15 is 0 Å². The highest BCUT2D eigenvalue weighted by Gasteiger charge is 2.27. The first-order valence-electron chi connectivity index (χ1n) is 8.52. The second kappa shape index (κ2) is 7.63. The zero-order valence-corrected chi connectivity index (χ0v) is 15.1. The van der Waals surface area contributed by atoms with Gasteiger partial charge in [0.25, 0.3) is 0 Å². The zero-order valence-electron chi connectivity index (χ0n) is 14.3. The predicted octanol–water partition coefficient (Wildman–Crippen LogP) is 1.75. The Morgan fingerprint density at radius 3 is 2.80 bits per heavy atom. The van der Waals surface area contributed by atoms with Crippen LogP contribution in [0.4, 0.5) is 0 Å². The molecule has 4 rings (SSSR count). The van der Waals surface area contributed by atoms with Crippen LogP contribution in [0.25, 0.3) is 0 Å². The van der Waals surface area contributed by atoms with Gasteiger partial charge in [-0.2, -0.15) is 0 Å². The van der Waals surface area contributed by atoms with Crippen LogP contribution in [0.2, 0.25) is 0 Å². The molecule has 1 fully saturated rings. The summed E-state index contributed by atoms with van der Waals surface area (Å²) < 4.78 is 19.2. The van der Waals surface area contributed by atoms with Crippen LogP contribution in [0.1, 0.15) is 11.9 Å². The molecule has 1 atom stereocenters. The first-order chi connectivity index (χ1) is 12.3. The van der Waals surface area contributed by atoms with Crippen molar-refractivity contribution in [3.63, 3.8) is 0 Å². The Morgan fingerprint density at radius 1 is 1.16 bits per heavy atom. The Bertz CT molecular complexity index is 718. The van der Waals surface area contributed by atoms with Crippen LogP contribution in [-0.2, 0) is 11.8 Å². The van der Waals surface area contributed by atoms with Gasteiger partial charge in [0.15, 0.2) is 28.6 Å². The Morgan fingerprint density at radius 2 is 1.96 bits per heavy atom. The third-order valence-corrected chi connectivity index (χ3v) is 5.41. The normalized spacial score (nSPS) is 20.6. The van der Waals surface area contributed by atoms with Crippen molar-refractivity contribution in [2.75, 3.05) is 45.2 Å². The fourth-order valence-electron chi connectivity index (χ4n) is 2.97. The van der Waals surface area contributed by atoms with Crippen LogP contribution in [-0.4, -0.2) is 64.9 Å². The molecule has 0 saturated carbocycles. The van der Waals surface area contributed by atoms with E-state index in [1.54, 1.807) is 11.8 Å². The van der Waals surface area contributed by atoms with E-state index < -0.39 is 0 Å². The van der Waals surface area contributed by atoms with E-state index in [-0.39, 0.29) is 6.10 Å². The first kappa shape index (κ1) is 16.7. The number of nitrogens with zero attached hydrogens (tertiary/aromatic N) is 4. The van der Waals surface area contributed by atoms with Crippen molar-refractivity contribution in [3.05, 3.63) is 30.1 Å². The highest BCUT2D eigenvalue weighted by Crippen LogP contribution is 2.35. The van der Waals surface area contributed by atoms with Gasteiger partial charge in [-0.25, -0.2) is 0 Å². The molecule has 2 aromatic rings. The molecule has 25 heavy (non-hydrogen) atoms. The van der Waals surface area contributed by atoms with Crippen LogP contribution >= 0.6 is 11.8 Å². The van der Waals surface area contributed by atoms with E-state index in [2.05, 4.69) is 15.1 Å². The molecular weight excluding hydrogens is 340 g/mol. The average Bonchev–Trinajstić information content (AvgIpc) is 3.03. The molecule has 7 nitrogen and oxygen atoms in total. The van der Waals surface area contributed by atoms with Crippen LogP contribution in [0, 0.1) is 0 Å². The van der Waals surface area contributed by atoms with Gasteiger partial charge in [-0.3, -0.25) is 4.90 Å². The third kappa shape index (κ3) is 3.75. The number of morpholine rings is 1. The molecule has 8 heteroatoms. The van der Waals surface area contributed by atoms with Gasteiger partial charge >= 0.3 is 0 Å². The molecule has 0 aliphatic carbocycles. The van der Waals surface area contributed by atoms with Crippen molar-refractivity contribution in [1.29, 1.82) is 0 Å². The number of rotatable bonds is 5. The van der Waals surface area contributed by atoms with Crippen molar-refractivity contribution in [1.82, 2.24) is 19.7 Å². The molecule has 0 bridgehead atoms. The molecule has 0 spiro atoms. The largest absolute Gasteiger partial charge is 0.485 e. The first-order valence-corrected chi connectivity index (χ1v) is 9.50. The number of hydrogen-bond acceptors (Lipinski definition) is 7. The lowest BCUT2D eigenvalue weighted by Gasteiger charge is -2.26. The van der Waals surface area contributed by atoms with Gasteiger partial charge < -0.3 is 18.8 Å². The molecule has 2 aliphatic heterocycles. The van der Waals surface area contributed by atoms with Gasteiger partial charge in [0.1, 0.15) is 6.61 Å². The molecule has 1 unspecified atom stereocenters. The van der Waals surface area contributed by atoms with Crippen LogP contribution in [0.15, 0.2) is 29.4 Å². The summed E-state index contributed by atoms with van der Waals surface area (Å²) in [7, 11) is 1.98. The SMILES string of the molecule is Cn1c(SCCN2CCOCC2)nnc1C1COc2ccccc2O1. The maximum Gasteiger partial charge on any atom is 0.192 e. The Balaban J connectivity index is 1.36. The van der Waals surface area contributed by atoms with Crippen LogP contribution < -0.4 is 9.47 Å². The molecule has 0 N–H and O–H groups in total. The number of thioether (sulfide) groups is 1. The summed E-state index contributed by atoms with van der Waals surface area (Å²) in [5.74, 6) is 3.31. The molecule has 2 aliphatic rings. The summed E-state index contributed by atoms with van der Waals surface area (Å²) in [6.45, 7) is 5.17. The lowest BCUT2D eigenvalue weighted by molar-refractivity contribution is 0.0410. The minimum atomic E-state index is -0.235. The highest BCUT2D eigenvalue weighted by molar-refractivity contribution is 7.99. The summed E-state index contributed by atoms with van der Waals surface area (Å²) in [6.07, 6.45) is -0.235. The maximum atomic E-state index is 6.03. The molecule has 1 aromatic heterocycles. The maximum absolute atomic E-state index is 6.03. The predicted molar refractivity (Wildman–Crippen MR) is 94.3 cm³/mol. The molecular formula is C17H22N4O3S. The monoisotopic (exact) mass is 362 g/mol. The van der Waals surface area contributed by atoms with Gasteiger partial charge in [0.05, 0.1) is 13.2 Å². The molecule has 1 saturated heterocycles. The Hall–Kier alpha value is -1.77. The number of ether oxygens (including phenoxy) is 3. The quantitative estimate of drug-likeness (QED) is 0.751. The summed E-state index contributed by atoms with van der Waals surface area (Å²) in [5, 5.41) is 9.57. The van der Waals surface area contributed by atoms with E-state index in [1.807, 2.05) is 35.9 Å². The standard InChI is InChI=1S/C17H22N4O3S/c1-20-16(15-12-23-13-4-2-3-5-14(13)24-15)18-19-17(20)25-11-8-21-6-9-22-10-7-21/h2-5,15H,6-12H2,1H3. The van der Waals surface area contributed by atoms with Crippen molar-refractivity contribution in [2.45, 2.75) is 11.3 Å². The van der Waals surface area contributed by atoms with Gasteiger partial charge in [-0.1, -0.05) is 23.9 Å². The molecule has 0 amide bonds. The smallest absolute Gasteiger partial charge is 0.192 e. The number of para-hydroxylation sites is 2. The minimum Gasteiger partial charge on any atom is -0.485 e.